The van der Waals surface area contributed by atoms with Crippen LogP contribution in [0.3, 0.4) is 0 Å². The molecule has 1 aromatic heterocycles. The molecule has 0 unspecified atom stereocenters. The van der Waals surface area contributed by atoms with E-state index in [-0.39, 0.29) is 18.0 Å². The summed E-state index contributed by atoms with van der Waals surface area (Å²) in [6, 6.07) is 13.5. The fourth-order valence-electron chi connectivity index (χ4n) is 4.04. The van der Waals surface area contributed by atoms with Crippen molar-refractivity contribution in [1.82, 2.24) is 15.2 Å². The molecule has 4 rings (SSSR count). The van der Waals surface area contributed by atoms with Crippen molar-refractivity contribution in [2.24, 2.45) is 0 Å². The molecule has 0 aliphatic carbocycles. The van der Waals surface area contributed by atoms with Gasteiger partial charge < -0.3 is 29.9 Å². The summed E-state index contributed by atoms with van der Waals surface area (Å²) in [5, 5.41) is 6.31. The van der Waals surface area contributed by atoms with Gasteiger partial charge in [0.05, 0.1) is 19.8 Å². The van der Waals surface area contributed by atoms with E-state index in [1.54, 1.807) is 17.9 Å². The predicted octanol–water partition coefficient (Wildman–Crippen LogP) is 3.01. The Morgan fingerprint density at radius 2 is 1.79 bits per heavy atom. The van der Waals surface area contributed by atoms with Gasteiger partial charge in [0.15, 0.2) is 0 Å². The highest BCUT2D eigenvalue weighted by molar-refractivity contribution is 5.93. The zero-order valence-electron chi connectivity index (χ0n) is 19.0. The first-order valence-corrected chi connectivity index (χ1v) is 11.5. The molecule has 2 aromatic rings. The number of hydrogen-bond donors (Lipinski definition) is 2. The molecular formula is C24H31N5O4. The maximum Gasteiger partial charge on any atom is 0.409 e. The molecule has 33 heavy (non-hydrogen) atoms. The van der Waals surface area contributed by atoms with Crippen molar-refractivity contribution in [1.29, 1.82) is 0 Å². The van der Waals surface area contributed by atoms with Crippen molar-refractivity contribution in [2.75, 3.05) is 56.2 Å². The van der Waals surface area contributed by atoms with E-state index in [0.717, 1.165) is 32.0 Å². The van der Waals surface area contributed by atoms with Gasteiger partial charge in [-0.1, -0.05) is 6.07 Å². The van der Waals surface area contributed by atoms with Gasteiger partial charge in [0.1, 0.15) is 11.5 Å². The molecule has 0 radical (unpaired) electrons. The number of aromatic nitrogens is 1. The molecule has 2 amide bonds. The minimum atomic E-state index is -0.291. The topological polar surface area (TPSA) is 96.0 Å². The third kappa shape index (κ3) is 6.13. The quantitative estimate of drug-likeness (QED) is 0.694. The molecule has 9 nitrogen and oxygen atoms in total. The Balaban J connectivity index is 1.30. The van der Waals surface area contributed by atoms with Crippen molar-refractivity contribution in [3.05, 3.63) is 48.2 Å². The highest BCUT2D eigenvalue weighted by Gasteiger charge is 2.25. The summed E-state index contributed by atoms with van der Waals surface area (Å²) in [6.07, 6.45) is 1.09. The minimum Gasteiger partial charge on any atom is -0.450 e. The first kappa shape index (κ1) is 22.8. The minimum absolute atomic E-state index is 0.00863. The van der Waals surface area contributed by atoms with E-state index in [0.29, 0.717) is 44.0 Å². The molecule has 2 saturated heterocycles. The summed E-state index contributed by atoms with van der Waals surface area (Å²) < 4.78 is 10.5. The largest absolute Gasteiger partial charge is 0.450 e. The van der Waals surface area contributed by atoms with Crippen LogP contribution >= 0.6 is 0 Å². The molecule has 3 heterocycles. The van der Waals surface area contributed by atoms with Gasteiger partial charge >= 0.3 is 6.09 Å². The maximum absolute atomic E-state index is 12.7. The number of anilines is 3. The van der Waals surface area contributed by atoms with Crippen LogP contribution < -0.4 is 15.5 Å². The summed E-state index contributed by atoms with van der Waals surface area (Å²) >= 11 is 0. The second kappa shape index (κ2) is 11.0. The van der Waals surface area contributed by atoms with E-state index in [2.05, 4.69) is 32.7 Å². The molecule has 2 fully saturated rings. The zero-order chi connectivity index (χ0) is 23.0. The Bertz CT molecular complexity index is 938. The van der Waals surface area contributed by atoms with Crippen LogP contribution in [0, 0.1) is 0 Å². The van der Waals surface area contributed by atoms with Crippen molar-refractivity contribution in [3.63, 3.8) is 0 Å². The van der Waals surface area contributed by atoms with Gasteiger partial charge in [-0.3, -0.25) is 4.79 Å². The van der Waals surface area contributed by atoms with Gasteiger partial charge in [0, 0.05) is 43.6 Å². The molecule has 0 saturated carbocycles. The molecule has 176 valence electrons. The summed E-state index contributed by atoms with van der Waals surface area (Å²) in [7, 11) is 0. The van der Waals surface area contributed by atoms with E-state index < -0.39 is 0 Å². The van der Waals surface area contributed by atoms with Gasteiger partial charge in [0.2, 0.25) is 0 Å². The van der Waals surface area contributed by atoms with E-state index in [4.69, 9.17) is 9.47 Å². The van der Waals surface area contributed by atoms with Crippen molar-refractivity contribution in [2.45, 2.75) is 25.8 Å². The van der Waals surface area contributed by atoms with Crippen LogP contribution in [0.25, 0.3) is 0 Å². The van der Waals surface area contributed by atoms with Crippen LogP contribution in [0.15, 0.2) is 42.5 Å². The van der Waals surface area contributed by atoms with E-state index in [9.17, 15) is 9.59 Å². The van der Waals surface area contributed by atoms with Crippen LogP contribution in [0.1, 0.15) is 30.3 Å². The monoisotopic (exact) mass is 453 g/mol. The second-order valence-corrected chi connectivity index (χ2v) is 8.11. The van der Waals surface area contributed by atoms with Gasteiger partial charge in [-0.15, -0.1) is 0 Å². The highest BCUT2D eigenvalue weighted by Crippen LogP contribution is 2.21. The van der Waals surface area contributed by atoms with Crippen molar-refractivity contribution < 1.29 is 19.1 Å². The number of rotatable bonds is 6. The van der Waals surface area contributed by atoms with Gasteiger partial charge in [0.25, 0.3) is 5.91 Å². The number of likely N-dealkylation sites (tertiary alicyclic amines) is 1. The lowest BCUT2D eigenvalue weighted by Crippen LogP contribution is -2.46. The Morgan fingerprint density at radius 3 is 2.48 bits per heavy atom. The lowest BCUT2D eigenvalue weighted by molar-refractivity contribution is 0.0856. The highest BCUT2D eigenvalue weighted by atomic mass is 16.6. The number of amides is 2. The number of nitrogens with zero attached hydrogens (tertiary/aromatic N) is 3. The SMILES string of the molecule is CCOC(=O)N1CCC(NC(=O)c2cccc(Nc3ccc(N4CCOCC4)cc3)n2)CC1. The Labute approximate surface area is 194 Å². The number of piperidine rings is 1. The first-order chi connectivity index (χ1) is 16.1. The molecule has 0 spiro atoms. The molecule has 9 heteroatoms. The van der Waals surface area contributed by atoms with Crippen LogP contribution in [-0.2, 0) is 9.47 Å². The lowest BCUT2D eigenvalue weighted by Gasteiger charge is -2.31. The lowest BCUT2D eigenvalue weighted by atomic mass is 10.1. The molecule has 2 aliphatic heterocycles. The van der Waals surface area contributed by atoms with E-state index in [1.165, 1.54) is 5.69 Å². The number of carbonyl (C=O) groups excluding carboxylic acids is 2. The molecule has 1 aromatic carbocycles. The standard InChI is InChI=1S/C24H31N5O4/c1-2-33-24(31)29-12-10-19(11-13-29)26-23(30)21-4-3-5-22(27-21)25-18-6-8-20(9-7-18)28-14-16-32-17-15-28/h3-9,19H,2,10-17H2,1H3,(H,25,27)(H,26,30). The molecular weight excluding hydrogens is 422 g/mol. The number of carbonyl (C=O) groups is 2. The third-order valence-electron chi connectivity index (χ3n) is 5.85. The number of hydrogen-bond acceptors (Lipinski definition) is 7. The zero-order valence-corrected chi connectivity index (χ0v) is 19.0. The predicted molar refractivity (Wildman–Crippen MR) is 126 cm³/mol. The van der Waals surface area contributed by atoms with Crippen molar-refractivity contribution >= 4 is 29.2 Å². The smallest absolute Gasteiger partial charge is 0.409 e. The number of benzene rings is 1. The summed E-state index contributed by atoms with van der Waals surface area (Å²) in [4.78, 5) is 33.0. The summed E-state index contributed by atoms with van der Waals surface area (Å²) in [5.41, 5.74) is 2.43. The summed E-state index contributed by atoms with van der Waals surface area (Å²) in [5.74, 6) is 0.398. The third-order valence-corrected chi connectivity index (χ3v) is 5.85. The Hall–Kier alpha value is -3.33. The van der Waals surface area contributed by atoms with Crippen LogP contribution in [0.2, 0.25) is 0 Å². The number of pyridine rings is 1. The number of ether oxygens (including phenoxy) is 2. The molecule has 2 aliphatic rings. The Kier molecular flexibility index (Phi) is 7.62. The van der Waals surface area contributed by atoms with Crippen LogP contribution in [0.5, 0.6) is 0 Å². The molecule has 0 atom stereocenters. The fourth-order valence-corrected chi connectivity index (χ4v) is 4.04. The normalized spacial score (nSPS) is 16.9. The van der Waals surface area contributed by atoms with Gasteiger partial charge in [-0.05, 0) is 56.2 Å². The maximum atomic E-state index is 12.7. The fraction of sp³-hybridized carbons (Fsp3) is 0.458. The molecule has 0 bridgehead atoms. The average molecular weight is 454 g/mol. The van der Waals surface area contributed by atoms with Crippen molar-refractivity contribution in [3.8, 4) is 0 Å². The van der Waals surface area contributed by atoms with Gasteiger partial charge in [-0.25, -0.2) is 9.78 Å². The number of morpholine rings is 1. The van der Waals surface area contributed by atoms with Crippen LogP contribution in [0.4, 0.5) is 22.0 Å². The van der Waals surface area contributed by atoms with E-state index >= 15 is 0 Å². The summed E-state index contributed by atoms with van der Waals surface area (Å²) in [6.45, 7) is 6.59. The average Bonchev–Trinajstić information content (AvgIpc) is 2.86. The molecule has 2 N–H and O–H groups in total. The van der Waals surface area contributed by atoms with E-state index in [1.807, 2.05) is 24.3 Å². The number of nitrogens with one attached hydrogen (secondary N) is 2. The van der Waals surface area contributed by atoms with Crippen LogP contribution in [-0.4, -0.2) is 73.9 Å². The Morgan fingerprint density at radius 1 is 1.06 bits per heavy atom. The first-order valence-electron chi connectivity index (χ1n) is 11.5. The van der Waals surface area contributed by atoms with Gasteiger partial charge in [-0.2, -0.15) is 0 Å². The second-order valence-electron chi connectivity index (χ2n) is 8.11.